The molecule has 0 bridgehead atoms. The molecule has 4 nitrogen and oxygen atoms in total. The van der Waals surface area contributed by atoms with Crippen LogP contribution in [-0.2, 0) is 11.2 Å². The molecular formula is C21H26N2O2. The number of aryl methyl sites for hydroxylation is 2. The summed E-state index contributed by atoms with van der Waals surface area (Å²) in [5.74, 6) is 0.810. The summed E-state index contributed by atoms with van der Waals surface area (Å²) in [5.41, 5.74) is 6.91. The fourth-order valence-corrected chi connectivity index (χ4v) is 2.44. The predicted octanol–water partition coefficient (Wildman–Crippen LogP) is 4.21. The zero-order valence-electron chi connectivity index (χ0n) is 15.4. The summed E-state index contributed by atoms with van der Waals surface area (Å²) in [7, 11) is 0. The average Bonchev–Trinajstić information content (AvgIpc) is 2.60. The molecule has 0 atom stereocenters. The number of rotatable bonds is 7. The number of carbonyl (C=O) groups is 1. The Labute approximate surface area is 149 Å². The third kappa shape index (κ3) is 5.75. The second kappa shape index (κ2) is 9.02. The molecule has 0 fully saturated rings. The fraction of sp³-hybridized carbons (Fsp3) is 0.333. The predicted molar refractivity (Wildman–Crippen MR) is 102 cm³/mol. The minimum Gasteiger partial charge on any atom is -0.483 e. The molecule has 4 heteroatoms. The van der Waals surface area contributed by atoms with Crippen LogP contribution in [0.2, 0.25) is 0 Å². The Morgan fingerprint density at radius 3 is 2.56 bits per heavy atom. The first-order valence-electron chi connectivity index (χ1n) is 8.63. The number of amides is 1. The number of nitrogens with one attached hydrogen (secondary N) is 1. The molecule has 0 aliphatic carbocycles. The maximum absolute atomic E-state index is 11.9. The minimum atomic E-state index is -0.280. The molecule has 1 amide bonds. The van der Waals surface area contributed by atoms with E-state index in [0.29, 0.717) is 5.92 Å². The lowest BCUT2D eigenvalue weighted by Gasteiger charge is -2.14. The molecule has 0 heterocycles. The van der Waals surface area contributed by atoms with Crippen LogP contribution in [0.4, 0.5) is 0 Å². The van der Waals surface area contributed by atoms with Crippen LogP contribution < -0.4 is 10.2 Å². The SMILES string of the molecule is CCc1ccc(C=NNC(=O)COc2cc(C)ccc2C(C)C)cc1. The first-order valence-corrected chi connectivity index (χ1v) is 8.63. The van der Waals surface area contributed by atoms with Crippen molar-refractivity contribution in [3.05, 3.63) is 64.7 Å². The van der Waals surface area contributed by atoms with E-state index in [1.54, 1.807) is 6.21 Å². The lowest BCUT2D eigenvalue weighted by atomic mass is 10.0. The summed E-state index contributed by atoms with van der Waals surface area (Å²) >= 11 is 0. The van der Waals surface area contributed by atoms with Crippen molar-refractivity contribution >= 4 is 12.1 Å². The number of carbonyl (C=O) groups excluding carboxylic acids is 1. The van der Waals surface area contributed by atoms with Gasteiger partial charge in [-0.2, -0.15) is 5.10 Å². The highest BCUT2D eigenvalue weighted by Crippen LogP contribution is 2.27. The number of hydrazone groups is 1. The fourth-order valence-electron chi connectivity index (χ4n) is 2.44. The van der Waals surface area contributed by atoms with Crippen molar-refractivity contribution in [1.29, 1.82) is 0 Å². The van der Waals surface area contributed by atoms with Gasteiger partial charge < -0.3 is 4.74 Å². The van der Waals surface area contributed by atoms with Crippen molar-refractivity contribution < 1.29 is 9.53 Å². The molecule has 2 aromatic rings. The van der Waals surface area contributed by atoms with Crippen molar-refractivity contribution in [3.8, 4) is 5.75 Å². The molecule has 0 saturated heterocycles. The second-order valence-electron chi connectivity index (χ2n) is 6.37. The number of benzene rings is 2. The van der Waals surface area contributed by atoms with Crippen LogP contribution in [0.5, 0.6) is 5.75 Å². The smallest absolute Gasteiger partial charge is 0.277 e. The molecule has 0 aliphatic heterocycles. The summed E-state index contributed by atoms with van der Waals surface area (Å²) in [6.07, 6.45) is 2.63. The van der Waals surface area contributed by atoms with Gasteiger partial charge in [-0.25, -0.2) is 5.43 Å². The quantitative estimate of drug-likeness (QED) is 0.607. The Morgan fingerprint density at radius 2 is 1.92 bits per heavy atom. The van der Waals surface area contributed by atoms with Crippen LogP contribution in [0.3, 0.4) is 0 Å². The molecule has 0 radical (unpaired) electrons. The summed E-state index contributed by atoms with van der Waals surface area (Å²) in [4.78, 5) is 11.9. The molecule has 2 aromatic carbocycles. The first kappa shape index (κ1) is 18.7. The Hall–Kier alpha value is -2.62. The lowest BCUT2D eigenvalue weighted by Crippen LogP contribution is -2.25. The third-order valence-corrected chi connectivity index (χ3v) is 3.94. The molecule has 0 saturated carbocycles. The normalized spacial score (nSPS) is 11.1. The average molecular weight is 338 g/mol. The molecule has 132 valence electrons. The van der Waals surface area contributed by atoms with Gasteiger partial charge in [0.05, 0.1) is 6.21 Å². The highest BCUT2D eigenvalue weighted by atomic mass is 16.5. The van der Waals surface area contributed by atoms with E-state index in [2.05, 4.69) is 49.5 Å². The topological polar surface area (TPSA) is 50.7 Å². The van der Waals surface area contributed by atoms with Crippen molar-refractivity contribution in [2.24, 2.45) is 5.10 Å². The van der Waals surface area contributed by atoms with Crippen LogP contribution in [0.1, 0.15) is 48.9 Å². The standard InChI is InChI=1S/C21H26N2O2/c1-5-17-7-9-18(10-8-17)13-22-23-21(24)14-25-20-12-16(4)6-11-19(20)15(2)3/h6-13,15H,5,14H2,1-4H3,(H,23,24). The van der Waals surface area contributed by atoms with Crippen molar-refractivity contribution in [1.82, 2.24) is 5.43 Å². The van der Waals surface area contributed by atoms with Crippen molar-refractivity contribution in [3.63, 3.8) is 0 Å². The van der Waals surface area contributed by atoms with Gasteiger partial charge in [-0.3, -0.25) is 4.79 Å². The summed E-state index contributed by atoms with van der Waals surface area (Å²) in [5, 5.41) is 3.98. The van der Waals surface area contributed by atoms with Gasteiger partial charge in [0, 0.05) is 0 Å². The minimum absolute atomic E-state index is 0.0602. The molecule has 25 heavy (non-hydrogen) atoms. The van der Waals surface area contributed by atoms with Gasteiger partial charge in [-0.15, -0.1) is 0 Å². The van der Waals surface area contributed by atoms with E-state index in [9.17, 15) is 4.79 Å². The van der Waals surface area contributed by atoms with Gasteiger partial charge in [0.25, 0.3) is 5.91 Å². The summed E-state index contributed by atoms with van der Waals surface area (Å²) < 4.78 is 5.69. The van der Waals surface area contributed by atoms with Crippen LogP contribution in [-0.4, -0.2) is 18.7 Å². The second-order valence-corrected chi connectivity index (χ2v) is 6.37. The number of nitrogens with zero attached hydrogens (tertiary/aromatic N) is 1. The van der Waals surface area contributed by atoms with Crippen molar-refractivity contribution in [2.45, 2.75) is 40.0 Å². The number of hydrogen-bond donors (Lipinski definition) is 1. The molecule has 1 N–H and O–H groups in total. The molecule has 0 spiro atoms. The highest BCUT2D eigenvalue weighted by Gasteiger charge is 2.09. The van der Waals surface area contributed by atoms with E-state index in [1.807, 2.05) is 31.2 Å². The number of hydrogen-bond acceptors (Lipinski definition) is 3. The van der Waals surface area contributed by atoms with Crippen LogP contribution >= 0.6 is 0 Å². The van der Waals surface area contributed by atoms with E-state index in [0.717, 1.165) is 28.9 Å². The van der Waals surface area contributed by atoms with E-state index < -0.39 is 0 Å². The zero-order chi connectivity index (χ0) is 18.2. The van der Waals surface area contributed by atoms with Gasteiger partial charge in [0.2, 0.25) is 0 Å². The van der Waals surface area contributed by atoms with E-state index in [1.165, 1.54) is 5.56 Å². The van der Waals surface area contributed by atoms with E-state index in [-0.39, 0.29) is 12.5 Å². The van der Waals surface area contributed by atoms with Crippen LogP contribution in [0.15, 0.2) is 47.6 Å². The Balaban J connectivity index is 1.88. The monoisotopic (exact) mass is 338 g/mol. The molecule has 0 aliphatic rings. The Bertz CT molecular complexity index is 734. The van der Waals surface area contributed by atoms with Crippen molar-refractivity contribution in [2.75, 3.05) is 6.61 Å². The Kier molecular flexibility index (Phi) is 6.75. The molecule has 2 rings (SSSR count). The van der Waals surface area contributed by atoms with Gasteiger partial charge in [-0.1, -0.05) is 57.2 Å². The molecule has 0 unspecified atom stereocenters. The van der Waals surface area contributed by atoms with Gasteiger partial charge in [0.1, 0.15) is 5.75 Å². The molecule has 0 aromatic heterocycles. The van der Waals surface area contributed by atoms with Crippen LogP contribution in [0, 0.1) is 6.92 Å². The largest absolute Gasteiger partial charge is 0.483 e. The Morgan fingerprint density at radius 1 is 1.20 bits per heavy atom. The third-order valence-electron chi connectivity index (χ3n) is 3.94. The van der Waals surface area contributed by atoms with E-state index >= 15 is 0 Å². The first-order chi connectivity index (χ1) is 12.0. The number of ether oxygens (including phenoxy) is 1. The molecular weight excluding hydrogens is 312 g/mol. The highest BCUT2D eigenvalue weighted by molar-refractivity contribution is 5.82. The van der Waals surface area contributed by atoms with E-state index in [4.69, 9.17) is 4.74 Å². The lowest BCUT2D eigenvalue weighted by molar-refractivity contribution is -0.123. The van der Waals surface area contributed by atoms with Gasteiger partial charge >= 0.3 is 0 Å². The van der Waals surface area contributed by atoms with Gasteiger partial charge in [-0.05, 0) is 47.6 Å². The summed E-state index contributed by atoms with van der Waals surface area (Å²) in [6.45, 7) is 8.26. The maximum atomic E-state index is 11.9. The van der Waals surface area contributed by atoms with Gasteiger partial charge in [0.15, 0.2) is 6.61 Å². The van der Waals surface area contributed by atoms with Crippen LogP contribution in [0.25, 0.3) is 0 Å². The maximum Gasteiger partial charge on any atom is 0.277 e. The summed E-state index contributed by atoms with van der Waals surface area (Å²) in [6, 6.07) is 14.1. The zero-order valence-corrected chi connectivity index (χ0v) is 15.4.